The Morgan fingerprint density at radius 3 is 2.17 bits per heavy atom. The van der Waals surface area contributed by atoms with E-state index in [4.69, 9.17) is 9.47 Å². The fraction of sp³-hybridized carbons (Fsp3) is 0.353. The van der Waals surface area contributed by atoms with Gasteiger partial charge in [0, 0.05) is 6.04 Å². The molecule has 0 fully saturated rings. The number of anilines is 2. The summed E-state index contributed by atoms with van der Waals surface area (Å²) < 4.78 is 10.5. The quantitative estimate of drug-likeness (QED) is 0.812. The Morgan fingerprint density at radius 1 is 1.08 bits per heavy atom. The highest BCUT2D eigenvalue weighted by Crippen LogP contribution is 2.28. The lowest BCUT2D eigenvalue weighted by atomic mass is 10.1. The summed E-state index contributed by atoms with van der Waals surface area (Å²) in [6.07, 6.45) is 0.980. The molecule has 1 unspecified atom stereocenters. The average molecular weight is 330 g/mol. The first-order chi connectivity index (χ1) is 11.6. The summed E-state index contributed by atoms with van der Waals surface area (Å²) in [6.45, 7) is 4.14. The van der Waals surface area contributed by atoms with E-state index in [1.807, 2.05) is 0 Å². The van der Waals surface area contributed by atoms with Crippen molar-refractivity contribution in [2.45, 2.75) is 26.3 Å². The first kappa shape index (κ1) is 17.5. The molecule has 1 amide bonds. The highest BCUT2D eigenvalue weighted by Gasteiger charge is 2.18. The van der Waals surface area contributed by atoms with E-state index in [1.165, 1.54) is 14.2 Å². The van der Waals surface area contributed by atoms with Crippen molar-refractivity contribution in [2.24, 2.45) is 0 Å². The van der Waals surface area contributed by atoms with Gasteiger partial charge < -0.3 is 20.1 Å². The molecule has 2 rings (SSSR count). The van der Waals surface area contributed by atoms with E-state index < -0.39 is 0 Å². The number of nitrogens with one attached hydrogen (secondary N) is 2. The molecule has 7 nitrogen and oxygen atoms in total. The molecule has 0 aliphatic carbocycles. The van der Waals surface area contributed by atoms with Gasteiger partial charge in [-0.1, -0.05) is 13.0 Å². The van der Waals surface area contributed by atoms with Crippen molar-refractivity contribution >= 4 is 17.5 Å². The predicted octanol–water partition coefficient (Wildman–Crippen LogP) is 2.96. The number of hydrogen-bond donors (Lipinski definition) is 2. The van der Waals surface area contributed by atoms with Crippen LogP contribution in [0, 0.1) is 0 Å². The van der Waals surface area contributed by atoms with Crippen molar-refractivity contribution in [3.05, 3.63) is 35.9 Å². The van der Waals surface area contributed by atoms with Crippen LogP contribution in [0.1, 0.15) is 30.6 Å². The van der Waals surface area contributed by atoms with Gasteiger partial charge in [-0.25, -0.2) is 0 Å². The zero-order valence-corrected chi connectivity index (χ0v) is 14.3. The van der Waals surface area contributed by atoms with E-state index in [-0.39, 0.29) is 5.91 Å². The minimum Gasteiger partial charge on any atom is -0.496 e. The van der Waals surface area contributed by atoms with Gasteiger partial charge in [-0.05, 0) is 37.6 Å². The largest absolute Gasteiger partial charge is 0.496 e. The van der Waals surface area contributed by atoms with Crippen LogP contribution in [-0.2, 0) is 0 Å². The maximum Gasteiger partial charge on any atom is 0.264 e. The molecule has 1 heterocycles. The van der Waals surface area contributed by atoms with Crippen LogP contribution in [0.4, 0.5) is 11.6 Å². The third-order valence-electron chi connectivity index (χ3n) is 3.57. The van der Waals surface area contributed by atoms with E-state index in [9.17, 15) is 4.79 Å². The first-order valence-electron chi connectivity index (χ1n) is 7.71. The number of nitrogens with zero attached hydrogens (tertiary/aromatic N) is 2. The molecular formula is C17H22N4O3. The van der Waals surface area contributed by atoms with E-state index in [2.05, 4.69) is 34.7 Å². The molecule has 0 aliphatic heterocycles. The average Bonchev–Trinajstić information content (AvgIpc) is 2.62. The lowest BCUT2D eigenvalue weighted by Crippen LogP contribution is -2.17. The SMILES string of the molecule is CCC(C)Nc1ccc(NC(=O)c2c(OC)cccc2OC)nn1. The maximum absolute atomic E-state index is 12.5. The summed E-state index contributed by atoms with van der Waals surface area (Å²) in [4.78, 5) is 12.5. The van der Waals surface area contributed by atoms with Gasteiger partial charge in [0.1, 0.15) is 22.9 Å². The first-order valence-corrected chi connectivity index (χ1v) is 7.71. The minimum atomic E-state index is -0.374. The predicted molar refractivity (Wildman–Crippen MR) is 92.9 cm³/mol. The van der Waals surface area contributed by atoms with E-state index in [1.54, 1.807) is 30.3 Å². The Kier molecular flexibility index (Phi) is 5.95. The molecule has 1 aromatic carbocycles. The number of aromatic nitrogens is 2. The van der Waals surface area contributed by atoms with Crippen molar-refractivity contribution in [3.8, 4) is 11.5 Å². The molecule has 0 aliphatic rings. The Bertz CT molecular complexity index is 666. The van der Waals surface area contributed by atoms with Gasteiger partial charge in [-0.3, -0.25) is 4.79 Å². The summed E-state index contributed by atoms with van der Waals surface area (Å²) in [5, 5.41) is 14.0. The van der Waals surface area contributed by atoms with Crippen LogP contribution in [0.3, 0.4) is 0 Å². The number of methoxy groups -OCH3 is 2. The number of hydrogen-bond acceptors (Lipinski definition) is 6. The standard InChI is InChI=1S/C17H22N4O3/c1-5-11(2)18-14-9-10-15(21-20-14)19-17(22)16-12(23-3)7-6-8-13(16)24-4/h6-11H,5H2,1-4H3,(H,18,20)(H,19,21,22). The molecule has 1 atom stereocenters. The lowest BCUT2D eigenvalue weighted by Gasteiger charge is -2.13. The molecule has 0 bridgehead atoms. The molecule has 2 N–H and O–H groups in total. The van der Waals surface area contributed by atoms with Crippen LogP contribution in [0.25, 0.3) is 0 Å². The molecule has 0 saturated heterocycles. The molecule has 0 spiro atoms. The second-order valence-corrected chi connectivity index (χ2v) is 5.25. The van der Waals surface area contributed by atoms with Crippen molar-refractivity contribution < 1.29 is 14.3 Å². The van der Waals surface area contributed by atoms with Crippen LogP contribution in [-0.4, -0.2) is 36.4 Å². The fourth-order valence-electron chi connectivity index (χ4n) is 2.08. The molecule has 1 aromatic heterocycles. The zero-order chi connectivity index (χ0) is 17.5. The summed E-state index contributed by atoms with van der Waals surface area (Å²) in [5.74, 6) is 1.49. The van der Waals surface area contributed by atoms with Crippen LogP contribution >= 0.6 is 0 Å². The molecule has 0 radical (unpaired) electrons. The number of benzene rings is 1. The molecule has 2 aromatic rings. The van der Waals surface area contributed by atoms with Crippen molar-refractivity contribution in [2.75, 3.05) is 24.9 Å². The Balaban J connectivity index is 2.15. The summed E-state index contributed by atoms with van der Waals surface area (Å²) in [7, 11) is 3.00. The lowest BCUT2D eigenvalue weighted by molar-refractivity contribution is 0.102. The topological polar surface area (TPSA) is 85.4 Å². The van der Waals surface area contributed by atoms with Crippen LogP contribution in [0.5, 0.6) is 11.5 Å². The Morgan fingerprint density at radius 2 is 1.67 bits per heavy atom. The highest BCUT2D eigenvalue weighted by atomic mass is 16.5. The van der Waals surface area contributed by atoms with Gasteiger partial charge in [0.2, 0.25) is 0 Å². The van der Waals surface area contributed by atoms with Crippen LogP contribution < -0.4 is 20.1 Å². The number of rotatable bonds is 7. The van der Waals surface area contributed by atoms with Crippen LogP contribution in [0.2, 0.25) is 0 Å². The Hall–Kier alpha value is -2.83. The second-order valence-electron chi connectivity index (χ2n) is 5.25. The summed E-state index contributed by atoms with van der Waals surface area (Å²) in [5.41, 5.74) is 0.311. The number of ether oxygens (including phenoxy) is 2. The monoisotopic (exact) mass is 330 g/mol. The van der Waals surface area contributed by atoms with Crippen LogP contribution in [0.15, 0.2) is 30.3 Å². The Labute approximate surface area is 141 Å². The smallest absolute Gasteiger partial charge is 0.264 e. The van der Waals surface area contributed by atoms with Gasteiger partial charge in [0.15, 0.2) is 5.82 Å². The molecule has 128 valence electrons. The van der Waals surface area contributed by atoms with Gasteiger partial charge in [0.25, 0.3) is 5.91 Å². The summed E-state index contributed by atoms with van der Waals surface area (Å²) >= 11 is 0. The van der Waals surface area contributed by atoms with Crippen molar-refractivity contribution in [1.29, 1.82) is 0 Å². The van der Waals surface area contributed by atoms with Gasteiger partial charge in [0.05, 0.1) is 14.2 Å². The minimum absolute atomic E-state index is 0.303. The van der Waals surface area contributed by atoms with Gasteiger partial charge >= 0.3 is 0 Å². The van der Waals surface area contributed by atoms with Crippen molar-refractivity contribution in [1.82, 2.24) is 10.2 Å². The molecular weight excluding hydrogens is 308 g/mol. The highest BCUT2D eigenvalue weighted by molar-refractivity contribution is 6.07. The number of amides is 1. The van der Waals surface area contributed by atoms with E-state index in [0.29, 0.717) is 34.7 Å². The summed E-state index contributed by atoms with van der Waals surface area (Å²) in [6, 6.07) is 8.91. The fourth-order valence-corrected chi connectivity index (χ4v) is 2.08. The number of carbonyl (C=O) groups is 1. The second kappa shape index (κ2) is 8.14. The zero-order valence-electron chi connectivity index (χ0n) is 14.3. The molecule has 7 heteroatoms. The third-order valence-corrected chi connectivity index (χ3v) is 3.57. The van der Waals surface area contributed by atoms with Gasteiger partial charge in [-0.15, -0.1) is 10.2 Å². The normalized spacial score (nSPS) is 11.5. The molecule has 24 heavy (non-hydrogen) atoms. The van der Waals surface area contributed by atoms with E-state index in [0.717, 1.165) is 6.42 Å². The van der Waals surface area contributed by atoms with Crippen molar-refractivity contribution in [3.63, 3.8) is 0 Å². The maximum atomic E-state index is 12.5. The van der Waals surface area contributed by atoms with E-state index >= 15 is 0 Å². The molecule has 0 saturated carbocycles. The van der Waals surface area contributed by atoms with Gasteiger partial charge in [-0.2, -0.15) is 0 Å². The number of carbonyl (C=O) groups excluding carboxylic acids is 1. The third kappa shape index (κ3) is 4.13.